The molecule has 1 aliphatic heterocycles. The Balaban J connectivity index is 1.42. The van der Waals surface area contributed by atoms with Crippen LogP contribution in [0.15, 0.2) is 22.8 Å². The number of guanidine groups is 1. The molecule has 1 unspecified atom stereocenters. The van der Waals surface area contributed by atoms with E-state index in [9.17, 15) is 0 Å². The first-order valence-electron chi connectivity index (χ1n) is 8.89. The monoisotopic (exact) mass is 348 g/mol. The number of rotatable bonds is 6. The van der Waals surface area contributed by atoms with Crippen LogP contribution in [0.3, 0.4) is 0 Å². The van der Waals surface area contributed by atoms with E-state index in [0.717, 1.165) is 35.7 Å². The van der Waals surface area contributed by atoms with Crippen LogP contribution in [0.4, 0.5) is 0 Å². The number of aromatic nitrogens is 2. The third kappa shape index (κ3) is 4.27. The molecule has 7 heteroatoms. The predicted octanol–water partition coefficient (Wildman–Crippen LogP) is 2.33. The van der Waals surface area contributed by atoms with E-state index in [1.54, 1.807) is 11.3 Å². The summed E-state index contributed by atoms with van der Waals surface area (Å²) < 4.78 is 2.05. The second kappa shape index (κ2) is 8.48. The Kier molecular flexibility index (Phi) is 6.09. The van der Waals surface area contributed by atoms with Gasteiger partial charge in [-0.25, -0.2) is 4.98 Å². The van der Waals surface area contributed by atoms with E-state index in [0.29, 0.717) is 6.54 Å². The van der Waals surface area contributed by atoms with Gasteiger partial charge in [0.1, 0.15) is 0 Å². The molecule has 1 saturated heterocycles. The molecule has 132 valence electrons. The van der Waals surface area contributed by atoms with Crippen molar-refractivity contribution in [3.63, 3.8) is 0 Å². The summed E-state index contributed by atoms with van der Waals surface area (Å²) in [5.74, 6) is 0.844. The number of hydrogen-bond acceptors (Lipinski definition) is 4. The van der Waals surface area contributed by atoms with Crippen molar-refractivity contribution in [1.29, 1.82) is 0 Å². The van der Waals surface area contributed by atoms with Crippen molar-refractivity contribution < 1.29 is 0 Å². The fourth-order valence-electron chi connectivity index (χ4n) is 3.39. The predicted molar refractivity (Wildman–Crippen MR) is 101 cm³/mol. The number of likely N-dealkylation sites (tertiary alicyclic amines) is 1. The van der Waals surface area contributed by atoms with Crippen molar-refractivity contribution in [2.45, 2.75) is 45.2 Å². The van der Waals surface area contributed by atoms with Crippen molar-refractivity contribution in [3.05, 3.63) is 23.5 Å². The Morgan fingerprint density at radius 2 is 2.33 bits per heavy atom. The SMILES string of the molecule is CCC1CCCCN1CCNC(=NC)NCc1cn2ccsc2n1. The fourth-order valence-corrected chi connectivity index (χ4v) is 4.11. The zero-order chi connectivity index (χ0) is 16.8. The summed E-state index contributed by atoms with van der Waals surface area (Å²) in [4.78, 5) is 12.5. The number of thiazole rings is 1. The summed E-state index contributed by atoms with van der Waals surface area (Å²) in [5, 5.41) is 8.82. The molecular weight excluding hydrogens is 320 g/mol. The van der Waals surface area contributed by atoms with Gasteiger partial charge in [-0.15, -0.1) is 11.3 Å². The number of hydrogen-bond donors (Lipinski definition) is 2. The van der Waals surface area contributed by atoms with E-state index >= 15 is 0 Å². The highest BCUT2D eigenvalue weighted by atomic mass is 32.1. The molecule has 1 fully saturated rings. The normalized spacial score (nSPS) is 19.8. The molecule has 0 aromatic carbocycles. The maximum Gasteiger partial charge on any atom is 0.193 e. The van der Waals surface area contributed by atoms with Gasteiger partial charge in [0.25, 0.3) is 0 Å². The second-order valence-corrected chi connectivity index (χ2v) is 7.14. The second-order valence-electron chi connectivity index (χ2n) is 6.27. The molecule has 24 heavy (non-hydrogen) atoms. The molecule has 0 amide bonds. The Bertz CT molecular complexity index is 632. The number of piperidine rings is 1. The smallest absolute Gasteiger partial charge is 0.193 e. The highest BCUT2D eigenvalue weighted by molar-refractivity contribution is 7.15. The van der Waals surface area contributed by atoms with Gasteiger partial charge in [0, 0.05) is 44.0 Å². The molecule has 2 aromatic rings. The van der Waals surface area contributed by atoms with Crippen molar-refractivity contribution in [3.8, 4) is 0 Å². The van der Waals surface area contributed by atoms with Crippen LogP contribution in [0.1, 0.15) is 38.3 Å². The lowest BCUT2D eigenvalue weighted by atomic mass is 10.0. The van der Waals surface area contributed by atoms with E-state index in [2.05, 4.69) is 43.0 Å². The van der Waals surface area contributed by atoms with Gasteiger partial charge in [-0.2, -0.15) is 0 Å². The molecule has 1 atom stereocenters. The molecule has 6 nitrogen and oxygen atoms in total. The Hall–Kier alpha value is -1.60. The number of nitrogens with zero attached hydrogens (tertiary/aromatic N) is 4. The average Bonchev–Trinajstić information content (AvgIpc) is 3.19. The maximum atomic E-state index is 4.58. The van der Waals surface area contributed by atoms with Crippen molar-refractivity contribution >= 4 is 22.3 Å². The summed E-state index contributed by atoms with van der Waals surface area (Å²) in [5.41, 5.74) is 1.03. The summed E-state index contributed by atoms with van der Waals surface area (Å²) in [6, 6.07) is 0.758. The van der Waals surface area contributed by atoms with Crippen LogP contribution in [-0.2, 0) is 6.54 Å². The maximum absolute atomic E-state index is 4.58. The van der Waals surface area contributed by atoms with Gasteiger partial charge in [0.15, 0.2) is 10.9 Å². The molecule has 1 aliphatic rings. The first kappa shape index (κ1) is 17.2. The van der Waals surface area contributed by atoms with Crippen molar-refractivity contribution in [2.24, 2.45) is 4.99 Å². The molecule has 0 spiro atoms. The zero-order valence-corrected chi connectivity index (χ0v) is 15.5. The number of imidazole rings is 1. The van der Waals surface area contributed by atoms with Gasteiger partial charge in [-0.1, -0.05) is 13.3 Å². The molecule has 3 rings (SSSR count). The van der Waals surface area contributed by atoms with Crippen LogP contribution in [0.2, 0.25) is 0 Å². The molecule has 0 radical (unpaired) electrons. The summed E-state index contributed by atoms with van der Waals surface area (Å²) in [6.07, 6.45) is 9.41. The standard InChI is InChI=1S/C17H28N6S/c1-3-15-6-4-5-8-22(15)9-7-19-16(18-2)20-12-14-13-23-10-11-24-17(23)21-14/h10-11,13,15H,3-9,12H2,1-2H3,(H2,18,19,20). The van der Waals surface area contributed by atoms with Gasteiger partial charge >= 0.3 is 0 Å². The molecular formula is C17H28N6S. The topological polar surface area (TPSA) is 57.0 Å². The fraction of sp³-hybridized carbons (Fsp3) is 0.647. The summed E-state index contributed by atoms with van der Waals surface area (Å²) >= 11 is 1.65. The summed E-state index contributed by atoms with van der Waals surface area (Å²) in [6.45, 7) is 6.23. The summed E-state index contributed by atoms with van der Waals surface area (Å²) in [7, 11) is 1.82. The van der Waals surface area contributed by atoms with Crippen LogP contribution in [-0.4, -0.2) is 53.0 Å². The van der Waals surface area contributed by atoms with Crippen LogP contribution in [0.5, 0.6) is 0 Å². The van der Waals surface area contributed by atoms with E-state index < -0.39 is 0 Å². The van der Waals surface area contributed by atoms with Gasteiger partial charge in [0.05, 0.1) is 12.2 Å². The van der Waals surface area contributed by atoms with Gasteiger partial charge < -0.3 is 10.6 Å². The largest absolute Gasteiger partial charge is 0.355 e. The molecule has 3 heterocycles. The third-order valence-electron chi connectivity index (χ3n) is 4.72. The molecule has 0 saturated carbocycles. The van der Waals surface area contributed by atoms with Crippen LogP contribution in [0, 0.1) is 0 Å². The average molecular weight is 349 g/mol. The zero-order valence-electron chi connectivity index (χ0n) is 14.7. The minimum atomic E-state index is 0.690. The molecule has 2 aromatic heterocycles. The van der Waals surface area contributed by atoms with E-state index in [-0.39, 0.29) is 0 Å². The lowest BCUT2D eigenvalue weighted by Crippen LogP contribution is -2.45. The van der Waals surface area contributed by atoms with E-state index in [1.807, 2.05) is 18.6 Å². The number of aliphatic imine (C=N–C) groups is 1. The lowest BCUT2D eigenvalue weighted by Gasteiger charge is -2.35. The first-order chi connectivity index (χ1) is 11.8. The van der Waals surface area contributed by atoms with E-state index in [4.69, 9.17) is 0 Å². The quantitative estimate of drug-likeness (QED) is 0.621. The van der Waals surface area contributed by atoms with Crippen LogP contribution in [0.25, 0.3) is 4.96 Å². The Morgan fingerprint density at radius 1 is 1.42 bits per heavy atom. The minimum Gasteiger partial charge on any atom is -0.355 e. The highest BCUT2D eigenvalue weighted by Gasteiger charge is 2.19. The van der Waals surface area contributed by atoms with Gasteiger partial charge in [-0.3, -0.25) is 14.3 Å². The first-order valence-corrected chi connectivity index (χ1v) is 9.77. The number of fused-ring (bicyclic) bond motifs is 1. The van der Waals surface area contributed by atoms with Crippen molar-refractivity contribution in [2.75, 3.05) is 26.7 Å². The Morgan fingerprint density at radius 3 is 3.12 bits per heavy atom. The molecule has 2 N–H and O–H groups in total. The highest BCUT2D eigenvalue weighted by Crippen LogP contribution is 2.18. The minimum absolute atomic E-state index is 0.690. The Labute approximate surface area is 148 Å². The number of nitrogens with one attached hydrogen (secondary N) is 2. The van der Waals surface area contributed by atoms with Gasteiger partial charge in [-0.05, 0) is 25.8 Å². The molecule has 0 bridgehead atoms. The van der Waals surface area contributed by atoms with E-state index in [1.165, 1.54) is 32.2 Å². The van der Waals surface area contributed by atoms with Crippen molar-refractivity contribution in [1.82, 2.24) is 24.9 Å². The van der Waals surface area contributed by atoms with Crippen LogP contribution < -0.4 is 10.6 Å². The van der Waals surface area contributed by atoms with Crippen LogP contribution >= 0.6 is 11.3 Å². The lowest BCUT2D eigenvalue weighted by molar-refractivity contribution is 0.147. The third-order valence-corrected chi connectivity index (χ3v) is 5.49. The van der Waals surface area contributed by atoms with Gasteiger partial charge in [0.2, 0.25) is 0 Å². The molecule has 0 aliphatic carbocycles.